The highest BCUT2D eigenvalue weighted by Gasteiger charge is 2.49. The molecule has 0 saturated carbocycles. The maximum absolute atomic E-state index is 10.3. The summed E-state index contributed by atoms with van der Waals surface area (Å²) in [4.78, 5) is 14.7. The van der Waals surface area contributed by atoms with Gasteiger partial charge in [-0.3, -0.25) is 8.97 Å². The number of hydrogen-bond acceptors (Lipinski definition) is 6. The van der Waals surface area contributed by atoms with Crippen LogP contribution in [0.4, 0.5) is 0 Å². The second-order valence-electron chi connectivity index (χ2n) is 15.3. The van der Waals surface area contributed by atoms with Crippen molar-refractivity contribution in [2.75, 3.05) is 0 Å². The van der Waals surface area contributed by atoms with E-state index in [0.29, 0.717) is 22.9 Å². The Morgan fingerprint density at radius 1 is 0.590 bits per heavy atom. The fourth-order valence-electron chi connectivity index (χ4n) is 9.67. The van der Waals surface area contributed by atoms with Gasteiger partial charge in [-0.25, -0.2) is 15.0 Å². The van der Waals surface area contributed by atoms with Crippen molar-refractivity contribution in [1.29, 1.82) is 0 Å². The van der Waals surface area contributed by atoms with Gasteiger partial charge in [-0.15, -0.1) is 22.7 Å². The molecular weight excluding hydrogens is 803 g/mol. The van der Waals surface area contributed by atoms with E-state index >= 15 is 0 Å². The lowest BCUT2D eigenvalue weighted by Gasteiger charge is -2.43. The third-order valence-corrected chi connectivity index (χ3v) is 18.4. The van der Waals surface area contributed by atoms with Crippen molar-refractivity contribution in [3.8, 4) is 17.2 Å². The van der Waals surface area contributed by atoms with E-state index in [1.807, 2.05) is 41.1 Å². The van der Waals surface area contributed by atoms with Crippen molar-refractivity contribution in [2.45, 2.75) is 18.2 Å². The molecule has 292 valence electrons. The Balaban J connectivity index is 1.19. The molecule has 7 aromatic carbocycles. The summed E-state index contributed by atoms with van der Waals surface area (Å²) in [7, 11) is -3.39. The van der Waals surface area contributed by atoms with E-state index in [1.54, 1.807) is 23.7 Å². The molecule has 1 unspecified atom stereocenters. The molecule has 5 heterocycles. The molecule has 0 saturated heterocycles. The maximum Gasteiger partial charge on any atom is 0.220 e. The minimum atomic E-state index is -3.39. The van der Waals surface area contributed by atoms with Crippen molar-refractivity contribution >= 4 is 79.3 Å². The molecule has 1 aliphatic rings. The van der Waals surface area contributed by atoms with E-state index in [2.05, 4.69) is 160 Å². The molecule has 11 aromatic rings. The van der Waals surface area contributed by atoms with Crippen LogP contribution in [-0.2, 0) is 18.2 Å². The van der Waals surface area contributed by atoms with Crippen LogP contribution in [0.25, 0.3) is 33.5 Å². The third kappa shape index (κ3) is 5.54. The number of nitrogens with zero attached hydrogens (tertiary/aromatic N) is 5. The molecule has 61 heavy (non-hydrogen) atoms. The molecule has 4 aromatic heterocycles. The minimum Gasteiger partial charge on any atom is -0.457 e. The van der Waals surface area contributed by atoms with Crippen LogP contribution in [-0.4, -0.2) is 32.0 Å². The van der Waals surface area contributed by atoms with Gasteiger partial charge in [0, 0.05) is 60.9 Å². The second kappa shape index (κ2) is 14.4. The lowest BCUT2D eigenvalue weighted by molar-refractivity contribution is 0.387. The summed E-state index contributed by atoms with van der Waals surface area (Å²) in [6.45, 7) is 0. The number of para-hydroxylation sites is 6. The first-order chi connectivity index (χ1) is 31.0. The summed E-state index contributed by atoms with van der Waals surface area (Å²) in [5.41, 5.74) is 5.41. The number of thiazole rings is 2. The van der Waals surface area contributed by atoms with Gasteiger partial charge >= 0.3 is 0 Å². The Kier molecular flexibility index (Phi) is 7.98. The van der Waals surface area contributed by atoms with Crippen molar-refractivity contribution in [1.82, 2.24) is 23.9 Å². The zero-order valence-electron chi connectivity index (χ0n) is 34.7. The molecule has 9 heteroatoms. The highest BCUT2D eigenvalue weighted by Crippen LogP contribution is 2.51. The average molecular weight is 842 g/mol. The van der Waals surface area contributed by atoms with Crippen LogP contribution < -0.4 is 25.5 Å². The first kappa shape index (κ1) is 33.9. The molecule has 0 radical (unpaired) electrons. The normalized spacial score (nSPS) is 15.6. The number of hydrogen-bond donors (Lipinski definition) is 0. The largest absolute Gasteiger partial charge is 0.457 e. The molecule has 1 aliphatic heterocycles. The fourth-order valence-corrected chi connectivity index (χ4v) is 15.9. The van der Waals surface area contributed by atoms with Crippen LogP contribution in [0.5, 0.6) is 11.5 Å². The van der Waals surface area contributed by atoms with Crippen molar-refractivity contribution in [3.05, 3.63) is 220 Å². The monoisotopic (exact) mass is 841 g/mol. The number of ether oxygens (including phenoxy) is 1. The number of imidazole rings is 2. The van der Waals surface area contributed by atoms with Crippen molar-refractivity contribution < 1.29 is 7.48 Å². The van der Waals surface area contributed by atoms with E-state index in [4.69, 9.17) is 14.7 Å². The van der Waals surface area contributed by atoms with E-state index in [9.17, 15) is 2.74 Å². The lowest BCUT2D eigenvalue weighted by atomic mass is 9.68. The van der Waals surface area contributed by atoms with Crippen molar-refractivity contribution in [3.63, 3.8) is 0 Å². The molecular formula is C52H37N5OS2Si. The van der Waals surface area contributed by atoms with E-state index in [1.165, 1.54) is 21.7 Å². The zero-order valence-corrected chi connectivity index (χ0v) is 35.4. The quantitative estimate of drug-likeness (QED) is 0.107. The maximum atomic E-state index is 10.3. The van der Waals surface area contributed by atoms with Gasteiger partial charge in [0.05, 0.1) is 32.1 Å². The average Bonchev–Trinajstić information content (AvgIpc) is 4.17. The Hall–Kier alpha value is -6.91. The van der Waals surface area contributed by atoms with Gasteiger partial charge in [0.2, 0.25) is 5.78 Å². The summed E-state index contributed by atoms with van der Waals surface area (Å²) in [5, 5.41) is 9.59. The Bertz CT molecular complexity index is 3420. The van der Waals surface area contributed by atoms with Gasteiger partial charge in [0.1, 0.15) is 11.5 Å². The number of fused-ring (bicyclic) bond motifs is 7. The van der Waals surface area contributed by atoms with Crippen LogP contribution in [0.1, 0.15) is 23.9 Å². The lowest BCUT2D eigenvalue weighted by Crippen LogP contribution is -2.75. The summed E-state index contributed by atoms with van der Waals surface area (Å²) in [5.74, 6) is 2.14. The van der Waals surface area contributed by atoms with Gasteiger partial charge in [-0.2, -0.15) is 0 Å². The van der Waals surface area contributed by atoms with Gasteiger partial charge in [0.15, 0.2) is 8.07 Å². The molecule has 0 fully saturated rings. The molecule has 0 amide bonds. The highest BCUT2D eigenvalue weighted by molar-refractivity contribution is 7.20. The first-order valence-electron chi connectivity index (χ1n) is 21.3. The molecule has 0 bridgehead atoms. The summed E-state index contributed by atoms with van der Waals surface area (Å²) in [6, 6.07) is 61.8. The van der Waals surface area contributed by atoms with Crippen LogP contribution >= 0.6 is 22.7 Å². The SMILES string of the molecule is [2H]C([2H])(c1nccs1)C1(Cc2nccs2)c2ccccc2Oc2c1cccc2[Si](c1ccccc1)(c1ccccc1)c1cccc(-n2c3ccccc3n3c4ccccc4nc23)c1. The van der Waals surface area contributed by atoms with Gasteiger partial charge in [-0.05, 0) is 63.2 Å². The summed E-state index contributed by atoms with van der Waals surface area (Å²) < 4.78 is 32.5. The Morgan fingerprint density at radius 2 is 1.21 bits per heavy atom. The Labute approximate surface area is 364 Å². The zero-order chi connectivity index (χ0) is 42.2. The van der Waals surface area contributed by atoms with Gasteiger partial charge in [0.25, 0.3) is 0 Å². The van der Waals surface area contributed by atoms with Crippen LogP contribution in [0, 0.1) is 0 Å². The smallest absolute Gasteiger partial charge is 0.220 e. The van der Waals surface area contributed by atoms with Crippen LogP contribution in [0.3, 0.4) is 0 Å². The molecule has 0 N–H and O–H groups in total. The molecule has 1 atom stereocenters. The molecule has 0 aliphatic carbocycles. The number of rotatable bonds is 9. The van der Waals surface area contributed by atoms with Gasteiger partial charge < -0.3 is 4.74 Å². The Morgan fingerprint density at radius 3 is 1.97 bits per heavy atom. The summed E-state index contributed by atoms with van der Waals surface area (Å²) in [6.07, 6.45) is 1.84. The number of benzene rings is 7. The van der Waals surface area contributed by atoms with E-state index in [-0.39, 0.29) is 0 Å². The van der Waals surface area contributed by atoms with Crippen LogP contribution in [0.15, 0.2) is 199 Å². The minimum absolute atomic E-state index is 0.310. The number of aromatic nitrogens is 5. The molecule has 12 rings (SSSR count). The van der Waals surface area contributed by atoms with Gasteiger partial charge in [-0.1, -0.05) is 133 Å². The predicted molar refractivity (Wildman–Crippen MR) is 252 cm³/mol. The predicted octanol–water partition coefficient (Wildman–Crippen LogP) is 9.60. The first-order valence-corrected chi connectivity index (χ1v) is 24.0. The molecule has 6 nitrogen and oxygen atoms in total. The second-order valence-corrected chi connectivity index (χ2v) is 21.0. The van der Waals surface area contributed by atoms with E-state index in [0.717, 1.165) is 60.0 Å². The standard InChI is InChI=1S/C52H37N5OS2Si/c1-3-16-37(17-4-1)61(38-18-5-2-6-19-38,39-20-13-15-36(33-39)56-44-25-10-11-26-45(44)57-43-24-9-8-23-42(43)55-51(56)57)47-28-14-22-41-50(47)58-46-27-12-7-21-40(46)52(41,34-48-53-29-31-59-48)35-49-54-30-32-60-49/h1-33H,34-35H2/i34D2. The molecule has 0 spiro atoms. The highest BCUT2D eigenvalue weighted by atomic mass is 32.1. The topological polar surface area (TPSA) is 57.2 Å². The van der Waals surface area contributed by atoms with Crippen molar-refractivity contribution in [2.24, 2.45) is 0 Å². The summed E-state index contributed by atoms with van der Waals surface area (Å²) >= 11 is 2.89. The fraction of sp³-hybridized carbons (Fsp3) is 0.0577. The third-order valence-electron chi connectivity index (χ3n) is 12.1. The van der Waals surface area contributed by atoms with E-state index < -0.39 is 19.9 Å². The van der Waals surface area contributed by atoms with Crippen LogP contribution in [0.2, 0.25) is 0 Å².